The molecule has 1 N–H and O–H groups in total. The molecule has 0 bridgehead atoms. The Hall–Kier alpha value is -1.55. The Morgan fingerprint density at radius 2 is 1.81 bits per heavy atom. The molecule has 0 unspecified atom stereocenters. The fourth-order valence-corrected chi connectivity index (χ4v) is 3.13. The highest BCUT2D eigenvalue weighted by Gasteiger charge is 2.32. The van der Waals surface area contributed by atoms with Crippen molar-refractivity contribution in [2.45, 2.75) is 45.2 Å². The Morgan fingerprint density at radius 3 is 2.29 bits per heavy atom. The van der Waals surface area contributed by atoms with Gasteiger partial charge in [0.05, 0.1) is 6.54 Å². The molecule has 4 nitrogen and oxygen atoms in total. The van der Waals surface area contributed by atoms with Crippen LogP contribution in [0.2, 0.25) is 0 Å². The lowest BCUT2D eigenvalue weighted by Crippen LogP contribution is -2.54. The summed E-state index contributed by atoms with van der Waals surface area (Å²) >= 11 is 0. The molecule has 0 radical (unpaired) electrons. The van der Waals surface area contributed by atoms with Gasteiger partial charge in [-0.3, -0.25) is 9.69 Å². The highest BCUT2D eigenvalue weighted by molar-refractivity contribution is 5.69. The number of hydrogen-bond acceptors (Lipinski definition) is 3. The quantitative estimate of drug-likeness (QED) is 0.926. The molecule has 1 saturated heterocycles. The molecule has 0 spiro atoms. The highest BCUT2D eigenvalue weighted by Crippen LogP contribution is 2.26. The number of benzene rings is 1. The third-order valence-corrected chi connectivity index (χ3v) is 4.19. The number of piperidine rings is 1. The number of carbonyl (C=O) groups is 1. The molecule has 2 rings (SSSR count). The van der Waals surface area contributed by atoms with Crippen LogP contribution in [-0.4, -0.2) is 47.2 Å². The van der Waals surface area contributed by atoms with Crippen LogP contribution in [0.3, 0.4) is 0 Å². The van der Waals surface area contributed by atoms with E-state index in [2.05, 4.69) is 54.8 Å². The first-order chi connectivity index (χ1) is 9.88. The average Bonchev–Trinajstić information content (AvgIpc) is 2.45. The topological polar surface area (TPSA) is 43.8 Å². The SMILES string of the molecule is CC(C)(C)N(CC(=O)O)C1CCN(c2ccccc2)CC1. The largest absolute Gasteiger partial charge is 0.480 e. The summed E-state index contributed by atoms with van der Waals surface area (Å²) in [7, 11) is 0. The Bertz CT molecular complexity index is 459. The van der Waals surface area contributed by atoms with E-state index in [1.165, 1.54) is 5.69 Å². The van der Waals surface area contributed by atoms with Crippen molar-refractivity contribution in [3.05, 3.63) is 30.3 Å². The predicted molar refractivity (Wildman–Crippen MR) is 85.8 cm³/mol. The molecule has 116 valence electrons. The fourth-order valence-electron chi connectivity index (χ4n) is 3.13. The van der Waals surface area contributed by atoms with Crippen molar-refractivity contribution in [2.24, 2.45) is 0 Å². The molecule has 21 heavy (non-hydrogen) atoms. The zero-order valence-corrected chi connectivity index (χ0v) is 13.2. The van der Waals surface area contributed by atoms with Crippen molar-refractivity contribution < 1.29 is 9.90 Å². The molecule has 1 aromatic rings. The van der Waals surface area contributed by atoms with Crippen molar-refractivity contribution in [2.75, 3.05) is 24.5 Å². The second-order valence-electron chi connectivity index (χ2n) is 6.75. The van der Waals surface area contributed by atoms with Crippen LogP contribution in [0.4, 0.5) is 5.69 Å². The standard InChI is InChI=1S/C17H26N2O2/c1-17(2,3)19(13-16(20)21)15-9-11-18(12-10-15)14-7-5-4-6-8-14/h4-8,15H,9-13H2,1-3H3,(H,20,21). The monoisotopic (exact) mass is 290 g/mol. The summed E-state index contributed by atoms with van der Waals surface area (Å²) in [4.78, 5) is 15.7. The number of hydrogen-bond donors (Lipinski definition) is 1. The van der Waals surface area contributed by atoms with E-state index >= 15 is 0 Å². The van der Waals surface area contributed by atoms with Gasteiger partial charge in [0.15, 0.2) is 0 Å². The van der Waals surface area contributed by atoms with E-state index in [0.717, 1.165) is 25.9 Å². The second kappa shape index (κ2) is 6.48. The van der Waals surface area contributed by atoms with E-state index in [1.807, 2.05) is 6.07 Å². The third-order valence-electron chi connectivity index (χ3n) is 4.19. The van der Waals surface area contributed by atoms with Crippen LogP contribution in [0.15, 0.2) is 30.3 Å². The molecule has 0 amide bonds. The maximum atomic E-state index is 11.1. The number of rotatable bonds is 4. The number of para-hydroxylation sites is 1. The molecule has 0 atom stereocenters. The van der Waals surface area contributed by atoms with Crippen molar-refractivity contribution in [3.63, 3.8) is 0 Å². The van der Waals surface area contributed by atoms with Crippen LogP contribution in [0.1, 0.15) is 33.6 Å². The van der Waals surface area contributed by atoms with Gasteiger partial charge in [-0.1, -0.05) is 18.2 Å². The van der Waals surface area contributed by atoms with E-state index in [1.54, 1.807) is 0 Å². The minimum Gasteiger partial charge on any atom is -0.480 e. The van der Waals surface area contributed by atoms with Crippen LogP contribution < -0.4 is 4.90 Å². The minimum atomic E-state index is -0.740. The van der Waals surface area contributed by atoms with E-state index in [9.17, 15) is 4.79 Å². The molecular formula is C17H26N2O2. The Kier molecular flexibility index (Phi) is 4.88. The summed E-state index contributed by atoms with van der Waals surface area (Å²) in [6.45, 7) is 8.39. The summed E-state index contributed by atoms with van der Waals surface area (Å²) in [5, 5.41) is 9.16. The molecule has 1 aromatic carbocycles. The third kappa shape index (κ3) is 4.21. The van der Waals surface area contributed by atoms with Gasteiger partial charge in [-0.25, -0.2) is 0 Å². The number of carboxylic acid groups (broad SMARTS) is 1. The van der Waals surface area contributed by atoms with Gasteiger partial charge in [-0.05, 0) is 45.7 Å². The van der Waals surface area contributed by atoms with Crippen LogP contribution in [-0.2, 0) is 4.79 Å². The summed E-state index contributed by atoms with van der Waals surface area (Å²) in [6.07, 6.45) is 2.03. The number of nitrogens with zero attached hydrogens (tertiary/aromatic N) is 2. The summed E-state index contributed by atoms with van der Waals surface area (Å²) < 4.78 is 0. The molecule has 1 aliphatic rings. The summed E-state index contributed by atoms with van der Waals surface area (Å²) in [5.74, 6) is -0.740. The molecule has 1 heterocycles. The average molecular weight is 290 g/mol. The van der Waals surface area contributed by atoms with Crippen molar-refractivity contribution >= 4 is 11.7 Å². The van der Waals surface area contributed by atoms with Gasteiger partial charge >= 0.3 is 5.97 Å². The van der Waals surface area contributed by atoms with E-state index in [0.29, 0.717) is 6.04 Å². The molecule has 0 aliphatic carbocycles. The van der Waals surface area contributed by atoms with Crippen LogP contribution in [0, 0.1) is 0 Å². The zero-order valence-electron chi connectivity index (χ0n) is 13.2. The molecule has 4 heteroatoms. The zero-order chi connectivity index (χ0) is 15.5. The van der Waals surface area contributed by atoms with Crippen molar-refractivity contribution in [3.8, 4) is 0 Å². The number of anilines is 1. The first-order valence-electron chi connectivity index (χ1n) is 7.66. The lowest BCUT2D eigenvalue weighted by atomic mass is 9.96. The van der Waals surface area contributed by atoms with Gasteiger partial charge in [0.25, 0.3) is 0 Å². The van der Waals surface area contributed by atoms with Gasteiger partial charge < -0.3 is 10.0 Å². The number of aliphatic carboxylic acids is 1. The fraction of sp³-hybridized carbons (Fsp3) is 0.588. The van der Waals surface area contributed by atoms with Crippen molar-refractivity contribution in [1.82, 2.24) is 4.90 Å². The molecule has 1 fully saturated rings. The maximum Gasteiger partial charge on any atom is 0.317 e. The van der Waals surface area contributed by atoms with Gasteiger partial charge in [-0.15, -0.1) is 0 Å². The minimum absolute atomic E-state index is 0.113. The van der Waals surface area contributed by atoms with Crippen LogP contribution in [0.5, 0.6) is 0 Å². The first-order valence-corrected chi connectivity index (χ1v) is 7.66. The van der Waals surface area contributed by atoms with Gasteiger partial charge in [0.1, 0.15) is 0 Å². The van der Waals surface area contributed by atoms with Gasteiger partial charge in [0.2, 0.25) is 0 Å². The first kappa shape index (κ1) is 15.8. The van der Waals surface area contributed by atoms with Crippen LogP contribution in [0.25, 0.3) is 0 Å². The van der Waals surface area contributed by atoms with E-state index in [4.69, 9.17) is 5.11 Å². The number of carboxylic acids is 1. The van der Waals surface area contributed by atoms with Gasteiger partial charge in [0, 0.05) is 30.4 Å². The molecule has 0 aromatic heterocycles. The Labute approximate surface area is 127 Å². The normalized spacial score (nSPS) is 17.2. The predicted octanol–water partition coefficient (Wildman–Crippen LogP) is 2.84. The maximum absolute atomic E-state index is 11.1. The summed E-state index contributed by atoms with van der Waals surface area (Å²) in [6, 6.07) is 10.8. The molecule has 1 aliphatic heterocycles. The van der Waals surface area contributed by atoms with Gasteiger partial charge in [-0.2, -0.15) is 0 Å². The Morgan fingerprint density at radius 1 is 1.24 bits per heavy atom. The van der Waals surface area contributed by atoms with E-state index < -0.39 is 5.97 Å². The molecule has 0 saturated carbocycles. The Balaban J connectivity index is 2.00. The lowest BCUT2D eigenvalue weighted by molar-refractivity contribution is -0.140. The summed E-state index contributed by atoms with van der Waals surface area (Å²) in [5.41, 5.74) is 1.15. The lowest BCUT2D eigenvalue weighted by Gasteiger charge is -2.45. The van der Waals surface area contributed by atoms with Crippen LogP contribution >= 0.6 is 0 Å². The van der Waals surface area contributed by atoms with E-state index in [-0.39, 0.29) is 12.1 Å². The second-order valence-corrected chi connectivity index (χ2v) is 6.75. The smallest absolute Gasteiger partial charge is 0.317 e. The highest BCUT2D eigenvalue weighted by atomic mass is 16.4. The molecular weight excluding hydrogens is 264 g/mol. The van der Waals surface area contributed by atoms with Crippen molar-refractivity contribution in [1.29, 1.82) is 0 Å².